The zero-order chi connectivity index (χ0) is 10.5. The lowest BCUT2D eigenvalue weighted by molar-refractivity contribution is 0.308. The first kappa shape index (κ1) is 9.49. The highest BCUT2D eigenvalue weighted by Crippen LogP contribution is 2.68. The Morgan fingerprint density at radius 3 is 2.57 bits per heavy atom. The van der Waals surface area contributed by atoms with E-state index in [1.165, 1.54) is 0 Å². The molecule has 0 amide bonds. The molecule has 0 spiro atoms. The van der Waals surface area contributed by atoms with Crippen molar-refractivity contribution in [3.63, 3.8) is 0 Å². The van der Waals surface area contributed by atoms with E-state index < -0.39 is 0 Å². The molecule has 78 valence electrons. The Hall–Kier alpha value is -1.06. The van der Waals surface area contributed by atoms with Crippen LogP contribution in [-0.2, 0) is 0 Å². The van der Waals surface area contributed by atoms with Crippen molar-refractivity contribution < 1.29 is 10.4 Å². The van der Waals surface area contributed by atoms with Gasteiger partial charge in [0.2, 0.25) is 0 Å². The van der Waals surface area contributed by atoms with Crippen LogP contribution in [0.25, 0.3) is 0 Å². The minimum absolute atomic E-state index is 0.0463. The highest BCUT2D eigenvalue weighted by molar-refractivity contribution is 6.09. The lowest BCUT2D eigenvalue weighted by atomic mass is 9.88. The average molecular weight is 196 g/mol. The summed E-state index contributed by atoms with van der Waals surface area (Å²) in [6.07, 6.45) is 0.839. The van der Waals surface area contributed by atoms with Crippen LogP contribution in [0.4, 0.5) is 0 Å². The molecule has 0 aromatic carbocycles. The number of oxime groups is 2. The lowest BCUT2D eigenvalue weighted by Gasteiger charge is -2.17. The molecule has 0 bridgehead atoms. The summed E-state index contributed by atoms with van der Waals surface area (Å²) in [6.45, 7) is 6.22. The molecule has 0 heterocycles. The van der Waals surface area contributed by atoms with Gasteiger partial charge in [0, 0.05) is 5.92 Å². The third-order valence-electron chi connectivity index (χ3n) is 4.02. The van der Waals surface area contributed by atoms with Crippen molar-refractivity contribution in [1.29, 1.82) is 0 Å². The second kappa shape index (κ2) is 2.72. The van der Waals surface area contributed by atoms with Crippen molar-refractivity contribution in [2.24, 2.45) is 33.5 Å². The van der Waals surface area contributed by atoms with Gasteiger partial charge < -0.3 is 10.4 Å². The van der Waals surface area contributed by atoms with E-state index in [9.17, 15) is 0 Å². The molecule has 0 radical (unpaired) electrons. The molecular formula is C10H16N2O2. The summed E-state index contributed by atoms with van der Waals surface area (Å²) in [4.78, 5) is 0. The first-order valence-electron chi connectivity index (χ1n) is 4.93. The highest BCUT2D eigenvalue weighted by Gasteiger charge is 2.67. The molecule has 2 aliphatic rings. The average Bonchev–Trinajstić information content (AvgIpc) is 2.57. The summed E-state index contributed by atoms with van der Waals surface area (Å²) >= 11 is 0. The van der Waals surface area contributed by atoms with Crippen LogP contribution in [-0.4, -0.2) is 21.8 Å². The lowest BCUT2D eigenvalue weighted by Crippen LogP contribution is -2.24. The first-order valence-corrected chi connectivity index (χ1v) is 4.93. The van der Waals surface area contributed by atoms with Gasteiger partial charge in [0.05, 0.1) is 11.4 Å². The maximum absolute atomic E-state index is 8.84. The molecule has 0 aliphatic heterocycles. The van der Waals surface area contributed by atoms with Crippen molar-refractivity contribution in [3.05, 3.63) is 0 Å². The van der Waals surface area contributed by atoms with Crippen molar-refractivity contribution >= 4 is 11.4 Å². The van der Waals surface area contributed by atoms with Crippen molar-refractivity contribution in [2.45, 2.75) is 27.2 Å². The molecule has 3 atom stereocenters. The summed E-state index contributed by atoms with van der Waals surface area (Å²) in [6, 6.07) is 0. The van der Waals surface area contributed by atoms with Gasteiger partial charge in [0.1, 0.15) is 0 Å². The zero-order valence-electron chi connectivity index (χ0n) is 8.73. The molecule has 4 nitrogen and oxygen atoms in total. The minimum Gasteiger partial charge on any atom is -0.411 e. The third-order valence-corrected chi connectivity index (χ3v) is 4.02. The number of hydrogen-bond donors (Lipinski definition) is 2. The van der Waals surface area contributed by atoms with Crippen LogP contribution >= 0.6 is 0 Å². The highest BCUT2D eigenvalue weighted by atomic mass is 16.4. The summed E-state index contributed by atoms with van der Waals surface area (Å²) in [5, 5.41) is 24.2. The summed E-state index contributed by atoms with van der Waals surface area (Å²) in [5.41, 5.74) is 1.75. The van der Waals surface area contributed by atoms with Crippen LogP contribution in [0.15, 0.2) is 10.3 Å². The quantitative estimate of drug-likeness (QED) is 0.382. The smallest absolute Gasteiger partial charge is 0.0665 e. The fourth-order valence-corrected chi connectivity index (χ4v) is 3.06. The monoisotopic (exact) mass is 196 g/mol. The largest absolute Gasteiger partial charge is 0.411 e. The van der Waals surface area contributed by atoms with E-state index in [4.69, 9.17) is 10.4 Å². The Morgan fingerprint density at radius 1 is 1.43 bits per heavy atom. The van der Waals surface area contributed by atoms with Crippen molar-refractivity contribution in [1.82, 2.24) is 0 Å². The van der Waals surface area contributed by atoms with Crippen LogP contribution in [0.3, 0.4) is 0 Å². The molecule has 0 unspecified atom stereocenters. The normalized spacial score (nSPS) is 42.6. The van der Waals surface area contributed by atoms with E-state index in [0.29, 0.717) is 23.0 Å². The maximum Gasteiger partial charge on any atom is 0.0665 e. The summed E-state index contributed by atoms with van der Waals surface area (Å²) in [7, 11) is 0. The molecule has 0 aromatic heterocycles. The van der Waals surface area contributed by atoms with E-state index in [-0.39, 0.29) is 5.92 Å². The molecule has 2 rings (SSSR count). The minimum atomic E-state index is 0.0463. The zero-order valence-corrected chi connectivity index (χ0v) is 8.73. The van der Waals surface area contributed by atoms with Gasteiger partial charge in [0.15, 0.2) is 0 Å². The van der Waals surface area contributed by atoms with Gasteiger partial charge >= 0.3 is 0 Å². The Kier molecular flexibility index (Phi) is 1.84. The van der Waals surface area contributed by atoms with E-state index in [2.05, 4.69) is 24.2 Å². The predicted molar refractivity (Wildman–Crippen MR) is 53.0 cm³/mol. The SMILES string of the molecule is C/C(=N\O)[C@@H]1/C(=N/O)C[C@@H]2[C@H]1C2(C)C. The predicted octanol–water partition coefficient (Wildman–Crippen LogP) is 1.96. The number of fused-ring (bicyclic) bond motifs is 1. The standard InChI is InChI=1S/C10H16N2O2/c1-5(11-13)8-7(12-14)4-6-9(8)10(6,2)3/h6,8-9,13-14H,4H2,1-3H3/b11-5+,12-7+/t6-,8-,9-/m1/s1. The Labute approximate surface area is 83.3 Å². The van der Waals surface area contributed by atoms with E-state index in [0.717, 1.165) is 12.1 Å². The number of hydrogen-bond acceptors (Lipinski definition) is 4. The first-order chi connectivity index (χ1) is 6.54. The molecule has 2 saturated carbocycles. The summed E-state index contributed by atoms with van der Waals surface area (Å²) in [5.74, 6) is 1.13. The van der Waals surface area contributed by atoms with Gasteiger partial charge in [-0.3, -0.25) is 0 Å². The van der Waals surface area contributed by atoms with Crippen molar-refractivity contribution in [2.75, 3.05) is 0 Å². The van der Waals surface area contributed by atoms with Gasteiger partial charge in [-0.25, -0.2) is 0 Å². The second-order valence-electron chi connectivity index (χ2n) is 4.97. The fraction of sp³-hybridized carbons (Fsp3) is 0.800. The Balaban J connectivity index is 2.28. The molecule has 4 heteroatoms. The Bertz CT molecular complexity index is 320. The van der Waals surface area contributed by atoms with Gasteiger partial charge in [-0.1, -0.05) is 24.2 Å². The maximum atomic E-state index is 8.84. The molecule has 2 N–H and O–H groups in total. The van der Waals surface area contributed by atoms with Gasteiger partial charge in [-0.05, 0) is 30.6 Å². The molecule has 2 aliphatic carbocycles. The second-order valence-corrected chi connectivity index (χ2v) is 4.97. The third kappa shape index (κ3) is 0.996. The number of nitrogens with zero attached hydrogens (tertiary/aromatic N) is 2. The van der Waals surface area contributed by atoms with Crippen LogP contribution in [0.2, 0.25) is 0 Å². The molecular weight excluding hydrogens is 180 g/mol. The fourth-order valence-electron chi connectivity index (χ4n) is 3.06. The van der Waals surface area contributed by atoms with Crippen LogP contribution < -0.4 is 0 Å². The molecule has 0 aromatic rings. The van der Waals surface area contributed by atoms with Crippen LogP contribution in [0.5, 0.6) is 0 Å². The Morgan fingerprint density at radius 2 is 2.07 bits per heavy atom. The van der Waals surface area contributed by atoms with Crippen molar-refractivity contribution in [3.8, 4) is 0 Å². The van der Waals surface area contributed by atoms with Gasteiger partial charge in [-0.2, -0.15) is 0 Å². The van der Waals surface area contributed by atoms with Crippen LogP contribution in [0.1, 0.15) is 27.2 Å². The van der Waals surface area contributed by atoms with Gasteiger partial charge in [-0.15, -0.1) is 0 Å². The van der Waals surface area contributed by atoms with E-state index in [1.54, 1.807) is 6.92 Å². The summed E-state index contributed by atoms with van der Waals surface area (Å²) < 4.78 is 0. The van der Waals surface area contributed by atoms with E-state index >= 15 is 0 Å². The molecule has 0 saturated heterocycles. The molecule has 14 heavy (non-hydrogen) atoms. The van der Waals surface area contributed by atoms with Gasteiger partial charge in [0.25, 0.3) is 0 Å². The molecule has 2 fully saturated rings. The topological polar surface area (TPSA) is 65.2 Å². The van der Waals surface area contributed by atoms with Crippen LogP contribution in [0, 0.1) is 23.2 Å². The van der Waals surface area contributed by atoms with E-state index in [1.807, 2.05) is 0 Å². The number of rotatable bonds is 1.